The Bertz CT molecular complexity index is 1470. The number of hydrogen-bond donors (Lipinski definition) is 1. The number of imidazole rings is 1. The van der Waals surface area contributed by atoms with Gasteiger partial charge in [-0.2, -0.15) is 5.10 Å². The van der Waals surface area contributed by atoms with Crippen LogP contribution in [0.2, 0.25) is 25.7 Å². The third-order valence-corrected chi connectivity index (χ3v) is 8.86. The number of benzene rings is 2. The molecule has 0 saturated carbocycles. The lowest BCUT2D eigenvalue weighted by Gasteiger charge is -2.22. The van der Waals surface area contributed by atoms with Crippen molar-refractivity contribution >= 4 is 30.8 Å². The smallest absolute Gasteiger partial charge is 0.359 e. The van der Waals surface area contributed by atoms with E-state index in [4.69, 9.17) is 14.2 Å². The number of esters is 1. The summed E-state index contributed by atoms with van der Waals surface area (Å²) >= 11 is 0. The van der Waals surface area contributed by atoms with E-state index in [1.807, 2.05) is 65.8 Å². The highest BCUT2D eigenvalue weighted by molar-refractivity contribution is 6.76. The molecule has 10 heteroatoms. The zero-order chi connectivity index (χ0) is 30.3. The largest absolute Gasteiger partial charge is 0.494 e. The molecule has 0 bridgehead atoms. The molecule has 2 aromatic carbocycles. The van der Waals surface area contributed by atoms with Crippen molar-refractivity contribution < 1.29 is 19.0 Å². The summed E-state index contributed by atoms with van der Waals surface area (Å²) in [6.45, 7) is 17.7. The molecule has 0 radical (unpaired) electrons. The molecular weight excluding hydrogens is 546 g/mol. The highest BCUT2D eigenvalue weighted by Crippen LogP contribution is 2.34. The van der Waals surface area contributed by atoms with Gasteiger partial charge in [0.15, 0.2) is 5.69 Å². The summed E-state index contributed by atoms with van der Waals surface area (Å²) < 4.78 is 21.2. The molecule has 2 aromatic heterocycles. The quantitative estimate of drug-likeness (QED) is 0.0900. The maximum Gasteiger partial charge on any atom is 0.359 e. The molecule has 226 valence electrons. The number of carbonyl (C=O) groups is 1. The first-order chi connectivity index (χ1) is 20.1. The molecule has 0 aliphatic rings. The van der Waals surface area contributed by atoms with Crippen molar-refractivity contribution in [3.8, 4) is 5.75 Å². The number of rotatable bonds is 15. The summed E-state index contributed by atoms with van der Waals surface area (Å²) in [6, 6.07) is 14.9. The monoisotopic (exact) mass is 591 g/mol. The topological polar surface area (TPSA) is 92.4 Å². The van der Waals surface area contributed by atoms with Crippen LogP contribution in [0.15, 0.2) is 48.8 Å². The molecule has 0 amide bonds. The van der Waals surface area contributed by atoms with E-state index in [1.165, 1.54) is 0 Å². The number of carbonyl (C=O) groups excluding carboxylic acids is 1. The maximum absolute atomic E-state index is 13.1. The molecule has 9 nitrogen and oxygen atoms in total. The number of aromatic nitrogens is 4. The number of anilines is 1. The van der Waals surface area contributed by atoms with Gasteiger partial charge in [-0.3, -0.25) is 4.68 Å². The molecule has 0 aliphatic carbocycles. The summed E-state index contributed by atoms with van der Waals surface area (Å²) in [5.74, 6) is 0.381. The van der Waals surface area contributed by atoms with E-state index in [0.29, 0.717) is 25.6 Å². The fourth-order valence-corrected chi connectivity index (χ4v) is 5.58. The van der Waals surface area contributed by atoms with E-state index >= 15 is 0 Å². The van der Waals surface area contributed by atoms with Gasteiger partial charge in [0.1, 0.15) is 12.5 Å². The molecule has 1 unspecified atom stereocenters. The third kappa shape index (κ3) is 7.60. The van der Waals surface area contributed by atoms with E-state index in [1.54, 1.807) is 6.92 Å². The molecule has 0 spiro atoms. The Balaban J connectivity index is 1.71. The lowest BCUT2D eigenvalue weighted by molar-refractivity contribution is 0.0517. The lowest BCUT2D eigenvalue weighted by atomic mass is 9.96. The first kappa shape index (κ1) is 31.3. The van der Waals surface area contributed by atoms with Gasteiger partial charge in [0.05, 0.1) is 36.6 Å². The third-order valence-electron chi connectivity index (χ3n) is 7.15. The zero-order valence-corrected chi connectivity index (χ0v) is 27.1. The van der Waals surface area contributed by atoms with Crippen molar-refractivity contribution in [2.45, 2.75) is 79.1 Å². The van der Waals surface area contributed by atoms with E-state index in [0.717, 1.165) is 58.4 Å². The molecule has 0 fully saturated rings. The molecular formula is C32H45N5O4Si. The van der Waals surface area contributed by atoms with Gasteiger partial charge in [-0.05, 0) is 69.1 Å². The second kappa shape index (κ2) is 14.0. The standard InChI is InChI=1S/C32H45N5O4Si/c1-8-17-41-26-14-11-24(12-15-26)30(29-23(4)37(9-2)35-31(29)32(38)40-10-3)34-25-13-16-27-28(20-25)36(21-33-27)22-39-18-19-42(5,6)7/h11-16,20-21,30,34H,8-10,17-19,22H2,1-7H3. The predicted octanol–water partition coefficient (Wildman–Crippen LogP) is 7.04. The van der Waals surface area contributed by atoms with Crippen molar-refractivity contribution in [1.29, 1.82) is 0 Å². The average Bonchev–Trinajstić information content (AvgIpc) is 3.52. The Morgan fingerprint density at radius 2 is 1.81 bits per heavy atom. The van der Waals surface area contributed by atoms with Crippen LogP contribution >= 0.6 is 0 Å². The van der Waals surface area contributed by atoms with Gasteiger partial charge in [-0.15, -0.1) is 0 Å². The summed E-state index contributed by atoms with van der Waals surface area (Å²) in [7, 11) is -1.17. The molecule has 0 saturated heterocycles. The van der Waals surface area contributed by atoms with Crippen molar-refractivity contribution in [2.24, 2.45) is 0 Å². The second-order valence-corrected chi connectivity index (χ2v) is 17.3. The number of ether oxygens (including phenoxy) is 3. The summed E-state index contributed by atoms with van der Waals surface area (Å²) in [6.07, 6.45) is 2.76. The summed E-state index contributed by atoms with van der Waals surface area (Å²) in [5.41, 5.74) is 5.76. The molecule has 4 rings (SSSR count). The van der Waals surface area contributed by atoms with Crippen LogP contribution in [-0.2, 0) is 22.7 Å². The van der Waals surface area contributed by atoms with Crippen molar-refractivity contribution in [1.82, 2.24) is 19.3 Å². The number of aryl methyl sites for hydroxylation is 1. The Hall–Kier alpha value is -3.63. The molecule has 2 heterocycles. The van der Waals surface area contributed by atoms with Crippen LogP contribution in [0.1, 0.15) is 60.5 Å². The molecule has 42 heavy (non-hydrogen) atoms. The SMILES string of the molecule is CCCOc1ccc(C(Nc2ccc3ncn(COCC[Si](C)(C)C)c3c2)c2c(C(=O)OCC)nn(CC)c2C)cc1. The van der Waals surface area contributed by atoms with Crippen molar-refractivity contribution in [2.75, 3.05) is 25.1 Å². The molecule has 4 aromatic rings. The van der Waals surface area contributed by atoms with E-state index in [-0.39, 0.29) is 12.6 Å². The van der Waals surface area contributed by atoms with E-state index in [9.17, 15) is 4.79 Å². The van der Waals surface area contributed by atoms with Gasteiger partial charge in [0.25, 0.3) is 0 Å². The highest BCUT2D eigenvalue weighted by atomic mass is 28.3. The van der Waals surface area contributed by atoms with Crippen LogP contribution in [0.5, 0.6) is 5.75 Å². The fourth-order valence-electron chi connectivity index (χ4n) is 4.82. The molecule has 1 N–H and O–H groups in total. The fraction of sp³-hybridized carbons (Fsp3) is 0.469. The van der Waals surface area contributed by atoms with Gasteiger partial charge < -0.3 is 24.1 Å². The van der Waals surface area contributed by atoms with Crippen molar-refractivity contribution in [3.05, 3.63) is 71.3 Å². The first-order valence-electron chi connectivity index (χ1n) is 14.9. The number of fused-ring (bicyclic) bond motifs is 1. The van der Waals surface area contributed by atoms with Gasteiger partial charge >= 0.3 is 5.97 Å². The summed E-state index contributed by atoms with van der Waals surface area (Å²) in [5, 5.41) is 8.37. The second-order valence-electron chi connectivity index (χ2n) is 11.6. The number of hydrogen-bond acceptors (Lipinski definition) is 7. The van der Waals surface area contributed by atoms with Crippen LogP contribution in [0.3, 0.4) is 0 Å². The van der Waals surface area contributed by atoms with Crippen LogP contribution in [0.4, 0.5) is 5.69 Å². The molecule has 1 atom stereocenters. The Labute approximate surface area is 250 Å². The maximum atomic E-state index is 13.1. The highest BCUT2D eigenvalue weighted by Gasteiger charge is 2.29. The van der Waals surface area contributed by atoms with E-state index < -0.39 is 14.0 Å². The van der Waals surface area contributed by atoms with Gasteiger partial charge in [-0.1, -0.05) is 38.7 Å². The molecule has 0 aliphatic heterocycles. The number of nitrogens with zero attached hydrogens (tertiary/aromatic N) is 4. The van der Waals surface area contributed by atoms with Gasteiger partial charge in [0, 0.05) is 38.2 Å². The minimum atomic E-state index is -1.17. The minimum absolute atomic E-state index is 0.276. The lowest BCUT2D eigenvalue weighted by Crippen LogP contribution is -2.22. The predicted molar refractivity (Wildman–Crippen MR) is 170 cm³/mol. The average molecular weight is 592 g/mol. The van der Waals surface area contributed by atoms with Crippen LogP contribution in [-0.4, -0.2) is 53.2 Å². The van der Waals surface area contributed by atoms with Crippen LogP contribution in [0.25, 0.3) is 11.0 Å². The van der Waals surface area contributed by atoms with E-state index in [2.05, 4.69) is 48.0 Å². The normalized spacial score (nSPS) is 12.5. The zero-order valence-electron chi connectivity index (χ0n) is 26.1. The van der Waals surface area contributed by atoms with Crippen molar-refractivity contribution in [3.63, 3.8) is 0 Å². The number of nitrogens with one attached hydrogen (secondary N) is 1. The summed E-state index contributed by atoms with van der Waals surface area (Å²) in [4.78, 5) is 17.7. The minimum Gasteiger partial charge on any atom is -0.494 e. The van der Waals surface area contributed by atoms with Crippen LogP contribution in [0, 0.1) is 6.92 Å². The Kier molecular flexibility index (Phi) is 10.5. The van der Waals surface area contributed by atoms with Gasteiger partial charge in [0.2, 0.25) is 0 Å². The Morgan fingerprint density at radius 1 is 1.05 bits per heavy atom. The van der Waals surface area contributed by atoms with Gasteiger partial charge in [-0.25, -0.2) is 9.78 Å². The van der Waals surface area contributed by atoms with Crippen LogP contribution < -0.4 is 10.1 Å². The first-order valence-corrected chi connectivity index (χ1v) is 18.6. The Morgan fingerprint density at radius 3 is 2.48 bits per heavy atom.